The summed E-state index contributed by atoms with van der Waals surface area (Å²) >= 11 is 0. The predicted molar refractivity (Wildman–Crippen MR) is 70.8 cm³/mol. The first-order valence-corrected chi connectivity index (χ1v) is 7.20. The fourth-order valence-corrected chi connectivity index (χ4v) is 4.31. The molecule has 0 amide bonds. The van der Waals surface area contributed by atoms with Crippen LogP contribution in [0, 0.1) is 23.2 Å². The average Bonchev–Trinajstić information content (AvgIpc) is 2.84. The van der Waals surface area contributed by atoms with Crippen molar-refractivity contribution in [1.82, 2.24) is 0 Å². The molecule has 2 saturated carbocycles. The van der Waals surface area contributed by atoms with E-state index in [4.69, 9.17) is 4.74 Å². The molecule has 1 aliphatic heterocycles. The number of fused-ring (bicyclic) bond motifs is 2. The Morgan fingerprint density at radius 3 is 2.65 bits per heavy atom. The van der Waals surface area contributed by atoms with Crippen molar-refractivity contribution in [2.45, 2.75) is 65.1 Å². The van der Waals surface area contributed by atoms with Crippen LogP contribution >= 0.6 is 0 Å². The van der Waals surface area contributed by atoms with Gasteiger partial charge in [0.1, 0.15) is 0 Å². The van der Waals surface area contributed by atoms with E-state index < -0.39 is 0 Å². The molecular formula is C16H26O. The van der Waals surface area contributed by atoms with Gasteiger partial charge in [0.05, 0.1) is 11.7 Å². The molecule has 3 fully saturated rings. The highest BCUT2D eigenvalue weighted by Gasteiger charge is 2.56. The molecule has 0 bridgehead atoms. The predicted octanol–water partition coefficient (Wildman–Crippen LogP) is 4.18. The molecule has 96 valence electrons. The van der Waals surface area contributed by atoms with Crippen molar-refractivity contribution in [3.05, 3.63) is 12.2 Å². The molecule has 1 nitrogen and oxygen atoms in total. The minimum atomic E-state index is 0.203. The van der Waals surface area contributed by atoms with E-state index in [2.05, 4.69) is 34.3 Å². The summed E-state index contributed by atoms with van der Waals surface area (Å²) in [4.78, 5) is 0. The van der Waals surface area contributed by atoms with Crippen LogP contribution in [0.5, 0.6) is 0 Å². The molecule has 2 unspecified atom stereocenters. The molecule has 0 N–H and O–H groups in total. The van der Waals surface area contributed by atoms with Crippen molar-refractivity contribution in [1.29, 1.82) is 0 Å². The standard InChI is InChI=1S/C16H26O/c1-10-8-14-16(5,17-14)7-6-13-12(11(10)2)9-15(13,3)4/h10,12-14H,2,6-9H2,1,3-5H3/t10?,12-,13-,14?,16-/m1/s1. The minimum Gasteiger partial charge on any atom is -0.366 e. The summed E-state index contributed by atoms with van der Waals surface area (Å²) in [5.41, 5.74) is 2.24. The maximum atomic E-state index is 5.93. The molecule has 1 saturated heterocycles. The Labute approximate surface area is 106 Å². The van der Waals surface area contributed by atoms with Crippen LogP contribution in [0.1, 0.15) is 53.4 Å². The summed E-state index contributed by atoms with van der Waals surface area (Å²) in [5.74, 6) is 2.28. The third-order valence-electron chi connectivity index (χ3n) is 5.90. The van der Waals surface area contributed by atoms with E-state index in [9.17, 15) is 0 Å². The van der Waals surface area contributed by atoms with E-state index >= 15 is 0 Å². The van der Waals surface area contributed by atoms with Crippen LogP contribution in [-0.2, 0) is 4.74 Å². The average molecular weight is 234 g/mol. The van der Waals surface area contributed by atoms with Crippen molar-refractivity contribution in [2.24, 2.45) is 23.2 Å². The lowest BCUT2D eigenvalue weighted by Crippen LogP contribution is -2.45. The summed E-state index contributed by atoms with van der Waals surface area (Å²) < 4.78 is 5.93. The molecular weight excluding hydrogens is 208 g/mol. The van der Waals surface area contributed by atoms with Crippen LogP contribution in [0.4, 0.5) is 0 Å². The van der Waals surface area contributed by atoms with E-state index in [-0.39, 0.29) is 5.60 Å². The van der Waals surface area contributed by atoms with Crippen LogP contribution < -0.4 is 0 Å². The quantitative estimate of drug-likeness (QED) is 0.452. The number of hydrogen-bond acceptors (Lipinski definition) is 1. The largest absolute Gasteiger partial charge is 0.366 e. The molecule has 17 heavy (non-hydrogen) atoms. The van der Waals surface area contributed by atoms with Gasteiger partial charge in [-0.3, -0.25) is 0 Å². The van der Waals surface area contributed by atoms with E-state index in [1.807, 2.05) is 0 Å². The maximum Gasteiger partial charge on any atom is 0.0920 e. The molecule has 0 radical (unpaired) electrons. The lowest BCUT2D eigenvalue weighted by molar-refractivity contribution is -0.00518. The zero-order valence-electron chi connectivity index (χ0n) is 11.8. The highest BCUT2D eigenvalue weighted by molar-refractivity contribution is 5.18. The van der Waals surface area contributed by atoms with Gasteiger partial charge in [-0.25, -0.2) is 0 Å². The SMILES string of the molecule is C=C1C(C)CC2O[C@]2(C)CC[C@@H]2[C@@H]1CC2(C)C. The van der Waals surface area contributed by atoms with Gasteiger partial charge in [0.15, 0.2) is 0 Å². The molecule has 5 atom stereocenters. The zero-order chi connectivity index (χ0) is 12.4. The van der Waals surface area contributed by atoms with Gasteiger partial charge in [-0.05, 0) is 55.8 Å². The monoisotopic (exact) mass is 234 g/mol. The highest BCUT2D eigenvalue weighted by Crippen LogP contribution is 2.60. The van der Waals surface area contributed by atoms with Crippen molar-refractivity contribution < 1.29 is 4.74 Å². The summed E-state index contributed by atoms with van der Waals surface area (Å²) in [6, 6.07) is 0. The molecule has 3 rings (SSSR count). The molecule has 1 heteroatoms. The van der Waals surface area contributed by atoms with Gasteiger partial charge in [0.25, 0.3) is 0 Å². The fraction of sp³-hybridized carbons (Fsp3) is 0.875. The molecule has 0 aromatic rings. The highest BCUT2D eigenvalue weighted by atomic mass is 16.6. The molecule has 1 heterocycles. The van der Waals surface area contributed by atoms with Crippen molar-refractivity contribution in [2.75, 3.05) is 0 Å². The van der Waals surface area contributed by atoms with Crippen LogP contribution in [0.3, 0.4) is 0 Å². The number of allylic oxidation sites excluding steroid dienone is 1. The summed E-state index contributed by atoms with van der Waals surface area (Å²) in [7, 11) is 0. The van der Waals surface area contributed by atoms with Gasteiger partial charge in [0, 0.05) is 0 Å². The molecule has 0 spiro atoms. The Bertz CT molecular complexity index is 357. The normalized spacial score (nSPS) is 52.4. The van der Waals surface area contributed by atoms with Crippen LogP contribution in [-0.4, -0.2) is 11.7 Å². The number of ether oxygens (including phenoxy) is 1. The zero-order valence-corrected chi connectivity index (χ0v) is 11.8. The third kappa shape index (κ3) is 1.69. The Morgan fingerprint density at radius 2 is 2.00 bits per heavy atom. The van der Waals surface area contributed by atoms with E-state index in [0.29, 0.717) is 17.4 Å². The van der Waals surface area contributed by atoms with Crippen LogP contribution in [0.15, 0.2) is 12.2 Å². The van der Waals surface area contributed by atoms with Gasteiger partial charge in [-0.15, -0.1) is 0 Å². The van der Waals surface area contributed by atoms with Gasteiger partial charge in [-0.2, -0.15) is 0 Å². The molecule has 2 aliphatic carbocycles. The second-order valence-corrected chi connectivity index (χ2v) is 7.58. The van der Waals surface area contributed by atoms with Gasteiger partial charge in [-0.1, -0.05) is 32.9 Å². The number of rotatable bonds is 0. The molecule has 0 aromatic carbocycles. The molecule has 0 aromatic heterocycles. The van der Waals surface area contributed by atoms with Gasteiger partial charge >= 0.3 is 0 Å². The van der Waals surface area contributed by atoms with Crippen LogP contribution in [0.25, 0.3) is 0 Å². The van der Waals surface area contributed by atoms with Crippen LogP contribution in [0.2, 0.25) is 0 Å². The van der Waals surface area contributed by atoms with E-state index in [0.717, 1.165) is 11.8 Å². The molecule has 3 aliphatic rings. The Kier molecular flexibility index (Phi) is 2.34. The smallest absolute Gasteiger partial charge is 0.0920 e. The Balaban J connectivity index is 1.82. The van der Waals surface area contributed by atoms with Crippen molar-refractivity contribution in [3.63, 3.8) is 0 Å². The lowest BCUT2D eigenvalue weighted by atomic mass is 9.51. The first-order chi connectivity index (χ1) is 7.83. The Hall–Kier alpha value is -0.300. The van der Waals surface area contributed by atoms with Gasteiger partial charge in [0.2, 0.25) is 0 Å². The summed E-state index contributed by atoms with van der Waals surface area (Å²) in [5, 5.41) is 0. The summed E-state index contributed by atoms with van der Waals surface area (Å²) in [6.07, 6.45) is 5.63. The van der Waals surface area contributed by atoms with E-state index in [1.165, 1.54) is 31.3 Å². The topological polar surface area (TPSA) is 12.5 Å². The third-order valence-corrected chi connectivity index (χ3v) is 5.90. The minimum absolute atomic E-state index is 0.203. The fourth-order valence-electron chi connectivity index (χ4n) is 4.31. The van der Waals surface area contributed by atoms with E-state index in [1.54, 1.807) is 0 Å². The second kappa shape index (κ2) is 3.38. The summed E-state index contributed by atoms with van der Waals surface area (Å²) in [6.45, 7) is 13.9. The first kappa shape index (κ1) is 11.8. The van der Waals surface area contributed by atoms with Gasteiger partial charge < -0.3 is 4.74 Å². The lowest BCUT2D eigenvalue weighted by Gasteiger charge is -2.53. The number of epoxide rings is 1. The second-order valence-electron chi connectivity index (χ2n) is 7.58. The first-order valence-electron chi connectivity index (χ1n) is 7.20. The maximum absolute atomic E-state index is 5.93. The Morgan fingerprint density at radius 1 is 1.29 bits per heavy atom. The van der Waals surface area contributed by atoms with Crippen molar-refractivity contribution in [3.8, 4) is 0 Å². The van der Waals surface area contributed by atoms with Crippen molar-refractivity contribution >= 4 is 0 Å². The number of hydrogen-bond donors (Lipinski definition) is 0.